The van der Waals surface area contributed by atoms with Crippen molar-refractivity contribution in [2.75, 3.05) is 11.9 Å². The van der Waals surface area contributed by atoms with Gasteiger partial charge in [0.1, 0.15) is 0 Å². The predicted molar refractivity (Wildman–Crippen MR) is 101 cm³/mol. The lowest BCUT2D eigenvalue weighted by Gasteiger charge is -2.35. The number of carbonyl (C=O) groups is 1. The molecule has 3 aromatic rings. The molecule has 1 saturated heterocycles. The van der Waals surface area contributed by atoms with E-state index in [4.69, 9.17) is 0 Å². The highest BCUT2D eigenvalue weighted by molar-refractivity contribution is 7.18. The first-order valence-electron chi connectivity index (χ1n) is 8.56. The lowest BCUT2D eigenvalue weighted by atomic mass is 9.99. The summed E-state index contributed by atoms with van der Waals surface area (Å²) in [7, 11) is 0. The normalized spacial score (nSPS) is 17.6. The van der Waals surface area contributed by atoms with Crippen molar-refractivity contribution in [1.82, 2.24) is 14.9 Å². The molecule has 1 aromatic carbocycles. The molecule has 3 heterocycles. The average Bonchev–Trinajstić information content (AvgIpc) is 3.02. The molecule has 5 nitrogen and oxygen atoms in total. The van der Waals surface area contributed by atoms with Crippen LogP contribution in [0.25, 0.3) is 10.2 Å². The third-order valence-corrected chi connectivity index (χ3v) is 5.47. The van der Waals surface area contributed by atoms with Crippen LogP contribution in [0.5, 0.6) is 0 Å². The number of aryl methyl sites for hydroxylation is 1. The summed E-state index contributed by atoms with van der Waals surface area (Å²) < 4.78 is 1.09. The molecule has 0 radical (unpaired) electrons. The minimum atomic E-state index is -0.0593. The van der Waals surface area contributed by atoms with Gasteiger partial charge < -0.3 is 10.2 Å². The molecule has 25 heavy (non-hydrogen) atoms. The maximum absolute atomic E-state index is 12.9. The lowest BCUT2D eigenvalue weighted by Crippen LogP contribution is -2.41. The van der Waals surface area contributed by atoms with Crippen molar-refractivity contribution in [2.45, 2.75) is 32.2 Å². The number of hydrogen-bond acceptors (Lipinski definition) is 4. The molecule has 1 aliphatic rings. The van der Waals surface area contributed by atoms with E-state index < -0.39 is 0 Å². The average molecular weight is 352 g/mol. The van der Waals surface area contributed by atoms with Crippen LogP contribution in [0.15, 0.2) is 42.6 Å². The molecule has 2 aromatic heterocycles. The number of anilines is 1. The number of aromatic nitrogens is 2. The van der Waals surface area contributed by atoms with Crippen LogP contribution >= 0.6 is 11.3 Å². The molecule has 2 amide bonds. The Morgan fingerprint density at radius 1 is 1.28 bits per heavy atom. The minimum absolute atomic E-state index is 0.0457. The second-order valence-corrected chi connectivity index (χ2v) is 7.54. The van der Waals surface area contributed by atoms with Gasteiger partial charge in [-0.25, -0.2) is 9.78 Å². The fourth-order valence-electron chi connectivity index (χ4n) is 3.37. The summed E-state index contributed by atoms with van der Waals surface area (Å²) in [6.07, 6.45) is 4.90. The Morgan fingerprint density at radius 2 is 2.20 bits per heavy atom. The molecule has 4 rings (SSSR count). The van der Waals surface area contributed by atoms with Gasteiger partial charge >= 0.3 is 6.03 Å². The number of likely N-dealkylation sites (tertiary alicyclic amines) is 1. The number of thiazole rings is 1. The third kappa shape index (κ3) is 3.35. The summed E-state index contributed by atoms with van der Waals surface area (Å²) in [5.41, 5.74) is 2.75. The fraction of sp³-hybridized carbons (Fsp3) is 0.316. The number of rotatable bonds is 2. The van der Waals surface area contributed by atoms with Crippen LogP contribution in [-0.2, 0) is 0 Å². The molecule has 0 bridgehead atoms. The summed E-state index contributed by atoms with van der Waals surface area (Å²) in [5.74, 6) is 0. The van der Waals surface area contributed by atoms with Gasteiger partial charge in [0.15, 0.2) is 0 Å². The quantitative estimate of drug-likeness (QED) is 0.723. The van der Waals surface area contributed by atoms with E-state index in [2.05, 4.69) is 15.3 Å². The van der Waals surface area contributed by atoms with Crippen molar-refractivity contribution >= 4 is 33.3 Å². The molecule has 1 aliphatic heterocycles. The number of pyridine rings is 1. The molecular formula is C19H20N4OS. The van der Waals surface area contributed by atoms with Gasteiger partial charge in [-0.2, -0.15) is 0 Å². The monoisotopic (exact) mass is 352 g/mol. The Kier molecular flexibility index (Phi) is 4.36. The summed E-state index contributed by atoms with van der Waals surface area (Å²) >= 11 is 1.64. The Labute approximate surface area is 150 Å². The maximum Gasteiger partial charge on any atom is 0.322 e. The first-order valence-corrected chi connectivity index (χ1v) is 9.38. The van der Waals surface area contributed by atoms with Gasteiger partial charge in [0.25, 0.3) is 0 Å². The number of piperidine rings is 1. The fourth-order valence-corrected chi connectivity index (χ4v) is 4.23. The van der Waals surface area contributed by atoms with Crippen molar-refractivity contribution in [1.29, 1.82) is 0 Å². The van der Waals surface area contributed by atoms with Crippen LogP contribution in [0.4, 0.5) is 10.5 Å². The standard InChI is InChI=1S/C19H20N4OS/c1-13-21-16-9-8-14(12-18(16)25-13)22-19(24)23-11-5-3-7-17(23)15-6-2-4-10-20-15/h2,4,6,8-10,12,17H,3,5,7,11H2,1H3,(H,22,24)/t17-/m0/s1. The van der Waals surface area contributed by atoms with Crippen molar-refractivity contribution in [2.24, 2.45) is 0 Å². The Morgan fingerprint density at radius 3 is 3.04 bits per heavy atom. The third-order valence-electron chi connectivity index (χ3n) is 4.54. The van der Waals surface area contributed by atoms with Crippen LogP contribution in [0.2, 0.25) is 0 Å². The SMILES string of the molecule is Cc1nc2ccc(NC(=O)N3CCCC[C@H]3c3ccccn3)cc2s1. The Balaban J connectivity index is 1.55. The van der Waals surface area contributed by atoms with Crippen molar-refractivity contribution in [3.05, 3.63) is 53.3 Å². The van der Waals surface area contributed by atoms with E-state index in [1.165, 1.54) is 0 Å². The van der Waals surface area contributed by atoms with Crippen molar-refractivity contribution < 1.29 is 4.79 Å². The summed E-state index contributed by atoms with van der Waals surface area (Å²) in [6.45, 7) is 2.75. The molecule has 1 fully saturated rings. The molecule has 0 aliphatic carbocycles. The number of amides is 2. The van der Waals surface area contributed by atoms with Crippen molar-refractivity contribution in [3.63, 3.8) is 0 Å². The Bertz CT molecular complexity index is 893. The second-order valence-electron chi connectivity index (χ2n) is 6.31. The lowest BCUT2D eigenvalue weighted by molar-refractivity contribution is 0.161. The van der Waals surface area contributed by atoms with E-state index in [0.717, 1.165) is 52.4 Å². The molecule has 0 unspecified atom stereocenters. The van der Waals surface area contributed by atoms with Gasteiger partial charge in [-0.3, -0.25) is 4.98 Å². The van der Waals surface area contributed by atoms with E-state index in [1.54, 1.807) is 17.5 Å². The number of nitrogens with one attached hydrogen (secondary N) is 1. The summed E-state index contributed by atoms with van der Waals surface area (Å²) in [4.78, 5) is 23.7. The van der Waals surface area contributed by atoms with E-state index in [1.807, 2.05) is 48.2 Å². The zero-order valence-corrected chi connectivity index (χ0v) is 14.9. The zero-order valence-electron chi connectivity index (χ0n) is 14.1. The first-order chi connectivity index (χ1) is 12.2. The van der Waals surface area contributed by atoms with Crippen LogP contribution < -0.4 is 5.32 Å². The summed E-state index contributed by atoms with van der Waals surface area (Å²) in [5, 5.41) is 4.08. The highest BCUT2D eigenvalue weighted by Crippen LogP contribution is 2.31. The summed E-state index contributed by atoms with van der Waals surface area (Å²) in [6, 6.07) is 11.7. The van der Waals surface area contributed by atoms with E-state index >= 15 is 0 Å². The van der Waals surface area contributed by atoms with E-state index in [-0.39, 0.29) is 12.1 Å². The van der Waals surface area contributed by atoms with E-state index in [9.17, 15) is 4.79 Å². The number of urea groups is 1. The number of benzene rings is 1. The minimum Gasteiger partial charge on any atom is -0.316 e. The Hall–Kier alpha value is -2.47. The van der Waals surface area contributed by atoms with Crippen molar-refractivity contribution in [3.8, 4) is 0 Å². The molecule has 6 heteroatoms. The van der Waals surface area contributed by atoms with E-state index in [0.29, 0.717) is 0 Å². The van der Waals surface area contributed by atoms with Crippen LogP contribution in [0.1, 0.15) is 36.0 Å². The first kappa shape index (κ1) is 16.0. The maximum atomic E-state index is 12.9. The smallest absolute Gasteiger partial charge is 0.316 e. The van der Waals surface area contributed by atoms with Gasteiger partial charge in [0, 0.05) is 18.4 Å². The van der Waals surface area contributed by atoms with Crippen LogP contribution in [0.3, 0.4) is 0 Å². The van der Waals surface area contributed by atoms with Gasteiger partial charge in [-0.05, 0) is 56.5 Å². The zero-order chi connectivity index (χ0) is 17.2. The largest absolute Gasteiger partial charge is 0.322 e. The predicted octanol–water partition coefficient (Wildman–Crippen LogP) is 4.76. The molecule has 1 atom stereocenters. The van der Waals surface area contributed by atoms with Gasteiger partial charge in [-0.15, -0.1) is 11.3 Å². The molecule has 0 saturated carbocycles. The van der Waals surface area contributed by atoms with Gasteiger partial charge in [0.05, 0.1) is 27.0 Å². The molecule has 1 N–H and O–H groups in total. The number of fused-ring (bicyclic) bond motifs is 1. The van der Waals surface area contributed by atoms with Crippen LogP contribution in [-0.4, -0.2) is 27.4 Å². The van der Waals surface area contributed by atoms with Gasteiger partial charge in [0.2, 0.25) is 0 Å². The highest BCUT2D eigenvalue weighted by atomic mass is 32.1. The topological polar surface area (TPSA) is 58.1 Å². The number of hydrogen-bond donors (Lipinski definition) is 1. The second kappa shape index (κ2) is 6.80. The molecule has 128 valence electrons. The van der Waals surface area contributed by atoms with Crippen LogP contribution in [0, 0.1) is 6.92 Å². The number of carbonyl (C=O) groups excluding carboxylic acids is 1. The molecular weight excluding hydrogens is 332 g/mol. The highest BCUT2D eigenvalue weighted by Gasteiger charge is 2.28. The number of nitrogens with zero attached hydrogens (tertiary/aromatic N) is 3. The molecule has 0 spiro atoms. The van der Waals surface area contributed by atoms with Gasteiger partial charge in [-0.1, -0.05) is 6.07 Å².